The lowest BCUT2D eigenvalue weighted by molar-refractivity contribution is 0.0861. The van der Waals surface area contributed by atoms with Gasteiger partial charge >= 0.3 is 0 Å². The average molecular weight is 412 g/mol. The number of allylic oxidation sites excluding steroid dienone is 1. The summed E-state index contributed by atoms with van der Waals surface area (Å²) in [7, 11) is 0. The number of carbonyl (C=O) groups is 1. The summed E-state index contributed by atoms with van der Waals surface area (Å²) in [4.78, 5) is 19.5. The van der Waals surface area contributed by atoms with E-state index in [4.69, 9.17) is 9.47 Å². The lowest BCUT2D eigenvalue weighted by Crippen LogP contribution is -2.32. The molecule has 3 heterocycles. The quantitative estimate of drug-likeness (QED) is 0.553. The molecule has 2 aliphatic heterocycles. The number of pyridine rings is 1. The Morgan fingerprint density at radius 2 is 1.94 bits per heavy atom. The minimum atomic E-state index is -0.0902. The maximum Gasteiger partial charge on any atom is 0.231 e. The minimum Gasteiger partial charge on any atom is -0.478 e. The van der Waals surface area contributed by atoms with Crippen LogP contribution in [-0.2, 0) is 13.1 Å². The number of ketones is 1. The van der Waals surface area contributed by atoms with Gasteiger partial charge in [-0.2, -0.15) is 0 Å². The predicted octanol–water partition coefficient (Wildman–Crippen LogP) is 5.17. The summed E-state index contributed by atoms with van der Waals surface area (Å²) >= 11 is 0. The largest absolute Gasteiger partial charge is 0.478 e. The van der Waals surface area contributed by atoms with Gasteiger partial charge in [0.1, 0.15) is 18.2 Å². The molecule has 2 aromatic carbocycles. The highest BCUT2D eigenvalue weighted by atomic mass is 16.5. The lowest BCUT2D eigenvalue weighted by Gasteiger charge is -2.29. The van der Waals surface area contributed by atoms with Gasteiger partial charge in [-0.3, -0.25) is 14.7 Å². The minimum absolute atomic E-state index is 0.0902. The second-order valence-electron chi connectivity index (χ2n) is 8.26. The van der Waals surface area contributed by atoms with Gasteiger partial charge in [0.2, 0.25) is 5.78 Å². The summed E-state index contributed by atoms with van der Waals surface area (Å²) < 4.78 is 12.0. The van der Waals surface area contributed by atoms with Crippen LogP contribution in [0.2, 0.25) is 0 Å². The molecule has 0 saturated heterocycles. The van der Waals surface area contributed by atoms with E-state index in [1.54, 1.807) is 12.3 Å². The van der Waals surface area contributed by atoms with Crippen molar-refractivity contribution in [1.82, 2.24) is 9.88 Å². The SMILES string of the molecule is CC(C)c1ccc(/C=C2\Oc3c(ccc4c3CN(Cc3ccccn3)CO4)C2=O)cc1. The Labute approximate surface area is 181 Å². The number of Topliss-reactive ketones (excluding diaryl/α,β-unsaturated/α-hetero) is 1. The zero-order chi connectivity index (χ0) is 21.4. The van der Waals surface area contributed by atoms with Crippen molar-refractivity contribution < 1.29 is 14.3 Å². The molecule has 5 heteroatoms. The van der Waals surface area contributed by atoms with Crippen LogP contribution in [0.15, 0.2) is 66.6 Å². The topological polar surface area (TPSA) is 51.7 Å². The lowest BCUT2D eigenvalue weighted by atomic mass is 10.0. The van der Waals surface area contributed by atoms with Gasteiger partial charge in [-0.05, 0) is 47.4 Å². The van der Waals surface area contributed by atoms with Crippen LogP contribution in [0.1, 0.15) is 52.5 Å². The van der Waals surface area contributed by atoms with Gasteiger partial charge in [-0.25, -0.2) is 0 Å². The number of rotatable bonds is 4. The maximum absolute atomic E-state index is 13.0. The number of nitrogens with zero attached hydrogens (tertiary/aromatic N) is 2. The van der Waals surface area contributed by atoms with Crippen LogP contribution < -0.4 is 9.47 Å². The van der Waals surface area contributed by atoms with Gasteiger partial charge in [0.25, 0.3) is 0 Å². The zero-order valence-corrected chi connectivity index (χ0v) is 17.7. The fraction of sp³-hybridized carbons (Fsp3) is 0.231. The number of hydrogen-bond acceptors (Lipinski definition) is 5. The standard InChI is InChI=1S/C26H24N2O3/c1-17(2)19-8-6-18(7-9-19)13-24-25(29)21-10-11-23-22(26(21)31-24)15-28(16-30-23)14-20-5-3-4-12-27-20/h3-13,17H,14-16H2,1-2H3/b24-13-. The summed E-state index contributed by atoms with van der Waals surface area (Å²) in [6.45, 7) is 6.11. The number of benzene rings is 2. The van der Waals surface area contributed by atoms with E-state index in [0.717, 1.165) is 22.6 Å². The van der Waals surface area contributed by atoms with Crippen molar-refractivity contribution in [3.8, 4) is 11.5 Å². The van der Waals surface area contributed by atoms with Crippen LogP contribution >= 0.6 is 0 Å². The van der Waals surface area contributed by atoms with E-state index in [1.165, 1.54) is 5.56 Å². The van der Waals surface area contributed by atoms with Gasteiger partial charge in [0.15, 0.2) is 5.76 Å². The molecule has 3 aromatic rings. The average Bonchev–Trinajstić information content (AvgIpc) is 3.10. The smallest absolute Gasteiger partial charge is 0.231 e. The summed E-state index contributed by atoms with van der Waals surface area (Å²) in [6, 6.07) is 17.8. The molecule has 0 amide bonds. The second kappa shape index (κ2) is 8.00. The summed E-state index contributed by atoms with van der Waals surface area (Å²) in [5.41, 5.74) is 4.69. The molecule has 0 aliphatic carbocycles. The Morgan fingerprint density at radius 1 is 1.10 bits per heavy atom. The fourth-order valence-corrected chi connectivity index (χ4v) is 3.96. The van der Waals surface area contributed by atoms with Gasteiger partial charge < -0.3 is 9.47 Å². The summed E-state index contributed by atoms with van der Waals surface area (Å²) in [6.07, 6.45) is 3.60. The van der Waals surface area contributed by atoms with Crippen LogP contribution in [0.25, 0.3) is 6.08 Å². The first kappa shape index (κ1) is 19.5. The van der Waals surface area contributed by atoms with E-state index in [2.05, 4.69) is 35.9 Å². The number of ether oxygens (including phenoxy) is 2. The molecule has 0 atom stereocenters. The first-order chi connectivity index (χ1) is 15.1. The van der Waals surface area contributed by atoms with Crippen LogP contribution in [0.4, 0.5) is 0 Å². The first-order valence-electron chi connectivity index (χ1n) is 10.5. The molecule has 156 valence electrons. The highest BCUT2D eigenvalue weighted by Gasteiger charge is 2.33. The molecule has 0 radical (unpaired) electrons. The Morgan fingerprint density at radius 3 is 2.68 bits per heavy atom. The molecule has 31 heavy (non-hydrogen) atoms. The van der Waals surface area contributed by atoms with E-state index in [9.17, 15) is 4.79 Å². The van der Waals surface area contributed by atoms with Crippen LogP contribution in [0.5, 0.6) is 11.5 Å². The van der Waals surface area contributed by atoms with E-state index in [0.29, 0.717) is 42.8 Å². The van der Waals surface area contributed by atoms with Crippen LogP contribution in [-0.4, -0.2) is 22.4 Å². The molecular weight excluding hydrogens is 388 g/mol. The third-order valence-electron chi connectivity index (χ3n) is 5.69. The Balaban J connectivity index is 1.40. The van der Waals surface area contributed by atoms with Gasteiger partial charge in [0, 0.05) is 19.3 Å². The molecule has 0 fully saturated rings. The number of aromatic nitrogens is 1. The molecule has 0 bridgehead atoms. The maximum atomic E-state index is 13.0. The van der Waals surface area contributed by atoms with Gasteiger partial charge in [-0.1, -0.05) is 44.2 Å². The molecule has 0 unspecified atom stereocenters. The molecule has 5 rings (SSSR count). The summed E-state index contributed by atoms with van der Waals surface area (Å²) in [5, 5.41) is 0. The third kappa shape index (κ3) is 3.84. The van der Waals surface area contributed by atoms with Crippen molar-refractivity contribution in [2.24, 2.45) is 0 Å². The van der Waals surface area contributed by atoms with Crippen molar-refractivity contribution >= 4 is 11.9 Å². The zero-order valence-electron chi connectivity index (χ0n) is 17.7. The fourth-order valence-electron chi connectivity index (χ4n) is 3.96. The highest BCUT2D eigenvalue weighted by Crippen LogP contribution is 2.42. The monoisotopic (exact) mass is 412 g/mol. The number of fused-ring (bicyclic) bond motifs is 3. The molecule has 0 spiro atoms. The Bertz CT molecular complexity index is 1150. The second-order valence-corrected chi connectivity index (χ2v) is 8.26. The van der Waals surface area contributed by atoms with Crippen molar-refractivity contribution in [1.29, 1.82) is 0 Å². The van der Waals surface area contributed by atoms with Crippen molar-refractivity contribution in [2.45, 2.75) is 32.9 Å². The van der Waals surface area contributed by atoms with Gasteiger partial charge in [0.05, 0.1) is 16.8 Å². The molecule has 1 aromatic heterocycles. The normalized spacial score (nSPS) is 16.7. The third-order valence-corrected chi connectivity index (χ3v) is 5.69. The predicted molar refractivity (Wildman–Crippen MR) is 119 cm³/mol. The van der Waals surface area contributed by atoms with E-state index >= 15 is 0 Å². The molecule has 5 nitrogen and oxygen atoms in total. The molecule has 2 aliphatic rings. The molecule has 0 saturated carbocycles. The van der Waals surface area contributed by atoms with Crippen molar-refractivity contribution in [3.63, 3.8) is 0 Å². The van der Waals surface area contributed by atoms with E-state index in [1.807, 2.05) is 42.5 Å². The Hall–Kier alpha value is -3.44. The van der Waals surface area contributed by atoms with Crippen LogP contribution in [0, 0.1) is 0 Å². The number of hydrogen-bond donors (Lipinski definition) is 0. The first-order valence-corrected chi connectivity index (χ1v) is 10.5. The van der Waals surface area contributed by atoms with Gasteiger partial charge in [-0.15, -0.1) is 0 Å². The van der Waals surface area contributed by atoms with E-state index in [-0.39, 0.29) is 5.78 Å². The molecule has 0 N–H and O–H groups in total. The van der Waals surface area contributed by atoms with Crippen molar-refractivity contribution in [3.05, 3.63) is 94.5 Å². The van der Waals surface area contributed by atoms with E-state index < -0.39 is 0 Å². The van der Waals surface area contributed by atoms with Crippen molar-refractivity contribution in [2.75, 3.05) is 6.73 Å². The molecular formula is C26H24N2O3. The highest BCUT2D eigenvalue weighted by molar-refractivity contribution is 6.15. The summed E-state index contributed by atoms with van der Waals surface area (Å²) in [5.74, 6) is 2.11. The van der Waals surface area contributed by atoms with Crippen LogP contribution in [0.3, 0.4) is 0 Å². The number of carbonyl (C=O) groups excluding carboxylic acids is 1. The Kier molecular flexibility index (Phi) is 5.04.